The minimum Gasteiger partial charge on any atom is -0.299 e. The third-order valence-electron chi connectivity index (χ3n) is 4.68. The molecule has 0 heterocycles. The Bertz CT molecular complexity index is 308. The smallest absolute Gasteiger partial charge is 0.0672 e. The first-order chi connectivity index (χ1) is 8.79. The summed E-state index contributed by atoms with van der Waals surface area (Å²) in [6.45, 7) is 16.0. The first-order valence-electron chi connectivity index (χ1n) is 7.93. The van der Waals surface area contributed by atoms with Gasteiger partial charge in [-0.3, -0.25) is 4.90 Å². The van der Waals surface area contributed by atoms with Gasteiger partial charge in [0.1, 0.15) is 0 Å². The van der Waals surface area contributed by atoms with E-state index >= 15 is 0 Å². The normalized spacial score (nSPS) is 28.7. The molecule has 0 radical (unpaired) electrons. The van der Waals surface area contributed by atoms with Crippen LogP contribution in [0.5, 0.6) is 0 Å². The van der Waals surface area contributed by atoms with E-state index in [9.17, 15) is 5.26 Å². The first kappa shape index (κ1) is 16.5. The molecule has 0 aromatic heterocycles. The van der Waals surface area contributed by atoms with Gasteiger partial charge in [-0.05, 0) is 43.1 Å². The first-order valence-corrected chi connectivity index (χ1v) is 7.93. The largest absolute Gasteiger partial charge is 0.299 e. The highest BCUT2D eigenvalue weighted by Gasteiger charge is 2.38. The lowest BCUT2D eigenvalue weighted by Crippen LogP contribution is -2.47. The topological polar surface area (TPSA) is 27.0 Å². The maximum atomic E-state index is 9.45. The fraction of sp³-hybridized carbons (Fsp3) is 0.941. The van der Waals surface area contributed by atoms with Crippen molar-refractivity contribution in [3.63, 3.8) is 0 Å². The number of rotatable bonds is 4. The molecule has 0 bridgehead atoms. The van der Waals surface area contributed by atoms with E-state index in [2.05, 4.69) is 52.5 Å². The van der Waals surface area contributed by atoms with E-state index in [0.29, 0.717) is 17.4 Å². The summed E-state index contributed by atoms with van der Waals surface area (Å²) in [6, 6.07) is 3.04. The molecule has 3 atom stereocenters. The Balaban J connectivity index is 2.82. The van der Waals surface area contributed by atoms with Gasteiger partial charge in [0.2, 0.25) is 0 Å². The minimum atomic E-state index is 0.234. The molecule has 1 aliphatic rings. The van der Waals surface area contributed by atoms with Crippen LogP contribution in [0.15, 0.2) is 0 Å². The molecule has 0 aliphatic heterocycles. The molecule has 110 valence electrons. The molecule has 19 heavy (non-hydrogen) atoms. The summed E-state index contributed by atoms with van der Waals surface area (Å²) >= 11 is 0. The van der Waals surface area contributed by atoms with Gasteiger partial charge in [0.25, 0.3) is 0 Å². The van der Waals surface area contributed by atoms with Gasteiger partial charge < -0.3 is 0 Å². The Labute approximate surface area is 120 Å². The van der Waals surface area contributed by atoms with E-state index in [0.717, 1.165) is 25.4 Å². The fourth-order valence-electron chi connectivity index (χ4n) is 3.46. The van der Waals surface area contributed by atoms with Gasteiger partial charge in [-0.1, -0.05) is 41.5 Å². The second-order valence-corrected chi connectivity index (χ2v) is 7.66. The molecular formula is C17H32N2. The van der Waals surface area contributed by atoms with Gasteiger partial charge in [0, 0.05) is 12.6 Å². The van der Waals surface area contributed by atoms with Gasteiger partial charge in [0.05, 0.1) is 12.0 Å². The van der Waals surface area contributed by atoms with Gasteiger partial charge in [0.15, 0.2) is 0 Å². The number of hydrogen-bond donors (Lipinski definition) is 0. The number of nitrogens with zero attached hydrogens (tertiary/aromatic N) is 2. The van der Waals surface area contributed by atoms with Gasteiger partial charge in [-0.15, -0.1) is 0 Å². The van der Waals surface area contributed by atoms with E-state index in [4.69, 9.17) is 0 Å². The average Bonchev–Trinajstić information content (AvgIpc) is 2.33. The van der Waals surface area contributed by atoms with Crippen LogP contribution in [0.25, 0.3) is 0 Å². The summed E-state index contributed by atoms with van der Waals surface area (Å²) in [7, 11) is 0. The Hall–Kier alpha value is -0.550. The van der Waals surface area contributed by atoms with Gasteiger partial charge >= 0.3 is 0 Å². The van der Waals surface area contributed by atoms with Crippen molar-refractivity contribution in [2.75, 3.05) is 13.1 Å². The highest BCUT2D eigenvalue weighted by Crippen LogP contribution is 2.41. The van der Waals surface area contributed by atoms with Gasteiger partial charge in [-0.25, -0.2) is 0 Å². The lowest BCUT2D eigenvalue weighted by Gasteiger charge is -2.44. The van der Waals surface area contributed by atoms with Crippen molar-refractivity contribution in [3.8, 4) is 6.07 Å². The number of hydrogen-bond acceptors (Lipinski definition) is 2. The van der Waals surface area contributed by atoms with Crippen LogP contribution in [-0.2, 0) is 0 Å². The SMILES string of the molecule is CCN(CC(C)C)C1CC(C(C)(C)C)CCC1C#N. The summed E-state index contributed by atoms with van der Waals surface area (Å²) < 4.78 is 0. The molecule has 0 aromatic carbocycles. The van der Waals surface area contributed by atoms with Crippen molar-refractivity contribution in [2.45, 2.75) is 66.8 Å². The Morgan fingerprint density at radius 1 is 1.26 bits per heavy atom. The second-order valence-electron chi connectivity index (χ2n) is 7.66. The fourth-order valence-corrected chi connectivity index (χ4v) is 3.46. The Morgan fingerprint density at radius 3 is 2.32 bits per heavy atom. The maximum absolute atomic E-state index is 9.45. The summed E-state index contributed by atoms with van der Waals surface area (Å²) in [6.07, 6.45) is 3.50. The number of nitriles is 1. The molecule has 0 saturated heterocycles. The predicted molar refractivity (Wildman–Crippen MR) is 81.8 cm³/mol. The second kappa shape index (κ2) is 6.75. The Kier molecular flexibility index (Phi) is 5.86. The Morgan fingerprint density at radius 2 is 1.89 bits per heavy atom. The maximum Gasteiger partial charge on any atom is 0.0672 e. The van der Waals surface area contributed by atoms with Crippen molar-refractivity contribution in [2.24, 2.45) is 23.2 Å². The van der Waals surface area contributed by atoms with Gasteiger partial charge in [-0.2, -0.15) is 5.26 Å². The molecule has 3 unspecified atom stereocenters. The van der Waals surface area contributed by atoms with E-state index in [1.807, 2.05) is 0 Å². The predicted octanol–water partition coefficient (Wildman–Crippen LogP) is 4.32. The molecule has 1 fully saturated rings. The molecule has 0 spiro atoms. The van der Waals surface area contributed by atoms with E-state index in [1.54, 1.807) is 0 Å². The van der Waals surface area contributed by atoms with Crippen molar-refractivity contribution in [1.82, 2.24) is 4.90 Å². The summed E-state index contributed by atoms with van der Waals surface area (Å²) in [5.74, 6) is 1.66. The highest BCUT2D eigenvalue weighted by molar-refractivity contribution is 4.99. The molecule has 1 saturated carbocycles. The van der Waals surface area contributed by atoms with Crippen molar-refractivity contribution in [3.05, 3.63) is 0 Å². The highest BCUT2D eigenvalue weighted by atomic mass is 15.2. The standard InChI is InChI=1S/C17H32N2/c1-7-19(12-13(2)3)16-10-15(17(4,5)6)9-8-14(16)11-18/h13-16H,7-10,12H2,1-6H3. The molecule has 2 nitrogen and oxygen atoms in total. The molecule has 1 aliphatic carbocycles. The van der Waals surface area contributed by atoms with E-state index in [1.165, 1.54) is 12.8 Å². The summed E-state index contributed by atoms with van der Waals surface area (Å²) in [5.41, 5.74) is 0.371. The van der Waals surface area contributed by atoms with Crippen LogP contribution in [0.1, 0.15) is 60.8 Å². The van der Waals surface area contributed by atoms with Crippen molar-refractivity contribution >= 4 is 0 Å². The van der Waals surface area contributed by atoms with Crippen LogP contribution in [0, 0.1) is 34.5 Å². The summed E-state index contributed by atoms with van der Waals surface area (Å²) in [5, 5.41) is 9.45. The third-order valence-corrected chi connectivity index (χ3v) is 4.68. The van der Waals surface area contributed by atoms with Crippen molar-refractivity contribution < 1.29 is 0 Å². The monoisotopic (exact) mass is 264 g/mol. The van der Waals surface area contributed by atoms with Crippen LogP contribution < -0.4 is 0 Å². The zero-order valence-electron chi connectivity index (χ0n) is 13.7. The van der Waals surface area contributed by atoms with Crippen LogP contribution in [0.3, 0.4) is 0 Å². The van der Waals surface area contributed by atoms with E-state index in [-0.39, 0.29) is 5.92 Å². The zero-order valence-corrected chi connectivity index (χ0v) is 13.7. The lowest BCUT2D eigenvalue weighted by molar-refractivity contribution is 0.0567. The van der Waals surface area contributed by atoms with Crippen LogP contribution in [0.4, 0.5) is 0 Å². The average molecular weight is 264 g/mol. The van der Waals surface area contributed by atoms with Crippen LogP contribution >= 0.6 is 0 Å². The molecular weight excluding hydrogens is 232 g/mol. The molecule has 0 amide bonds. The molecule has 1 rings (SSSR count). The minimum absolute atomic E-state index is 0.234. The quantitative estimate of drug-likeness (QED) is 0.756. The lowest BCUT2D eigenvalue weighted by atomic mass is 9.67. The molecule has 0 N–H and O–H groups in total. The summed E-state index contributed by atoms with van der Waals surface area (Å²) in [4.78, 5) is 2.55. The van der Waals surface area contributed by atoms with E-state index < -0.39 is 0 Å². The van der Waals surface area contributed by atoms with Crippen LogP contribution in [0.2, 0.25) is 0 Å². The van der Waals surface area contributed by atoms with Crippen LogP contribution in [-0.4, -0.2) is 24.0 Å². The van der Waals surface area contributed by atoms with Crippen molar-refractivity contribution in [1.29, 1.82) is 5.26 Å². The molecule has 0 aromatic rings. The third kappa shape index (κ3) is 4.49. The zero-order chi connectivity index (χ0) is 14.6. The molecule has 2 heteroatoms.